The monoisotopic (exact) mass is 520 g/mol. The molecule has 0 aliphatic heterocycles. The lowest BCUT2D eigenvalue weighted by Crippen LogP contribution is -2.41. The highest BCUT2D eigenvalue weighted by molar-refractivity contribution is 14.0. The standard InChI is InChI=1S/C19H28N4O3S.HI/c1-5-20-18(21-11-12-27(24,25)19(2,3)4)22-13-16-14-26-17(23-16)15-9-7-6-8-10-15;/h6-10,14H,5,11-13H2,1-4H3,(H2,20,21,22);1H. The molecule has 0 aliphatic carbocycles. The van der Waals surface area contributed by atoms with Gasteiger partial charge in [-0.1, -0.05) is 18.2 Å². The summed E-state index contributed by atoms with van der Waals surface area (Å²) in [7, 11) is -3.18. The van der Waals surface area contributed by atoms with E-state index in [9.17, 15) is 8.42 Å². The lowest BCUT2D eigenvalue weighted by Gasteiger charge is -2.19. The normalized spacial score (nSPS) is 12.4. The van der Waals surface area contributed by atoms with Crippen LogP contribution in [0.15, 0.2) is 46.0 Å². The fourth-order valence-electron chi connectivity index (χ4n) is 2.20. The van der Waals surface area contributed by atoms with Gasteiger partial charge >= 0.3 is 0 Å². The maximum Gasteiger partial charge on any atom is 0.226 e. The van der Waals surface area contributed by atoms with E-state index in [1.54, 1.807) is 27.0 Å². The average molecular weight is 520 g/mol. The first-order chi connectivity index (χ1) is 12.7. The zero-order valence-corrected chi connectivity index (χ0v) is 19.9. The first-order valence-electron chi connectivity index (χ1n) is 8.97. The summed E-state index contributed by atoms with van der Waals surface area (Å²) in [6.45, 7) is 8.36. The number of halogens is 1. The highest BCUT2D eigenvalue weighted by Crippen LogP contribution is 2.18. The molecule has 0 fully saturated rings. The van der Waals surface area contributed by atoms with Gasteiger partial charge in [0.05, 0.1) is 17.0 Å². The molecule has 156 valence electrons. The number of rotatable bonds is 7. The molecule has 9 heteroatoms. The van der Waals surface area contributed by atoms with Crippen LogP contribution >= 0.6 is 24.0 Å². The Morgan fingerprint density at radius 3 is 2.46 bits per heavy atom. The number of oxazole rings is 1. The van der Waals surface area contributed by atoms with Crippen molar-refractivity contribution in [2.24, 2.45) is 4.99 Å². The third-order valence-electron chi connectivity index (χ3n) is 3.91. The maximum absolute atomic E-state index is 12.2. The summed E-state index contributed by atoms with van der Waals surface area (Å²) in [5.74, 6) is 1.14. The van der Waals surface area contributed by atoms with Gasteiger partial charge in [-0.05, 0) is 39.8 Å². The molecular formula is C19H29IN4O3S. The fraction of sp³-hybridized carbons (Fsp3) is 0.474. The summed E-state index contributed by atoms with van der Waals surface area (Å²) in [5, 5.41) is 6.16. The Hall–Kier alpha value is -1.62. The van der Waals surface area contributed by atoms with E-state index in [1.807, 2.05) is 37.3 Å². The number of benzene rings is 1. The maximum atomic E-state index is 12.2. The molecule has 0 aliphatic rings. The van der Waals surface area contributed by atoms with Crippen molar-refractivity contribution in [3.63, 3.8) is 0 Å². The van der Waals surface area contributed by atoms with Crippen molar-refractivity contribution in [3.05, 3.63) is 42.3 Å². The minimum absolute atomic E-state index is 0. The van der Waals surface area contributed by atoms with Crippen LogP contribution in [0.4, 0.5) is 0 Å². The van der Waals surface area contributed by atoms with E-state index >= 15 is 0 Å². The van der Waals surface area contributed by atoms with Crippen LogP contribution in [0.1, 0.15) is 33.4 Å². The van der Waals surface area contributed by atoms with Crippen LogP contribution in [-0.2, 0) is 16.4 Å². The SMILES string of the molecule is CCNC(=NCc1coc(-c2ccccc2)n1)NCCS(=O)(=O)C(C)(C)C.I. The summed E-state index contributed by atoms with van der Waals surface area (Å²) in [6, 6.07) is 9.65. The van der Waals surface area contributed by atoms with Crippen LogP contribution in [0, 0.1) is 0 Å². The van der Waals surface area contributed by atoms with Gasteiger partial charge < -0.3 is 15.1 Å². The number of aliphatic imine (C=N–C) groups is 1. The lowest BCUT2D eigenvalue weighted by atomic mass is 10.2. The van der Waals surface area contributed by atoms with Gasteiger partial charge in [0.15, 0.2) is 15.8 Å². The number of guanidine groups is 1. The second-order valence-electron chi connectivity index (χ2n) is 7.06. The Morgan fingerprint density at radius 2 is 1.86 bits per heavy atom. The van der Waals surface area contributed by atoms with Crippen LogP contribution in [0.3, 0.4) is 0 Å². The van der Waals surface area contributed by atoms with Crippen molar-refractivity contribution in [2.75, 3.05) is 18.8 Å². The molecule has 0 radical (unpaired) electrons. The molecule has 1 heterocycles. The molecule has 2 rings (SSSR count). The van der Waals surface area contributed by atoms with Gasteiger partial charge in [-0.2, -0.15) is 0 Å². The molecule has 0 bridgehead atoms. The number of hydrogen-bond donors (Lipinski definition) is 2. The second-order valence-corrected chi connectivity index (χ2v) is 9.93. The summed E-state index contributed by atoms with van der Waals surface area (Å²) < 4.78 is 29.1. The van der Waals surface area contributed by atoms with Crippen molar-refractivity contribution >= 4 is 39.8 Å². The Balaban J connectivity index is 0.00000392. The topological polar surface area (TPSA) is 96.6 Å². The van der Waals surface area contributed by atoms with Crippen LogP contribution in [0.2, 0.25) is 0 Å². The smallest absolute Gasteiger partial charge is 0.226 e. The molecule has 28 heavy (non-hydrogen) atoms. The van der Waals surface area contributed by atoms with Gasteiger partial charge in [-0.25, -0.2) is 18.4 Å². The molecule has 0 atom stereocenters. The third-order valence-corrected chi connectivity index (χ3v) is 6.52. The largest absolute Gasteiger partial charge is 0.444 e. The van der Waals surface area contributed by atoms with Crippen molar-refractivity contribution in [3.8, 4) is 11.5 Å². The van der Waals surface area contributed by atoms with Crippen LogP contribution in [-0.4, -0.2) is 43.0 Å². The highest BCUT2D eigenvalue weighted by atomic mass is 127. The van der Waals surface area contributed by atoms with Crippen molar-refractivity contribution in [1.29, 1.82) is 0 Å². The summed E-state index contributed by atoms with van der Waals surface area (Å²) in [4.78, 5) is 8.89. The average Bonchev–Trinajstić information content (AvgIpc) is 3.08. The van der Waals surface area contributed by atoms with E-state index in [2.05, 4.69) is 20.6 Å². The van der Waals surface area contributed by atoms with Gasteiger partial charge in [0.1, 0.15) is 12.0 Å². The van der Waals surface area contributed by atoms with E-state index in [0.717, 1.165) is 5.56 Å². The molecule has 7 nitrogen and oxygen atoms in total. The Kier molecular flexibility index (Phi) is 9.42. The molecule has 0 spiro atoms. The zero-order chi connectivity index (χ0) is 19.9. The number of nitrogens with one attached hydrogen (secondary N) is 2. The van der Waals surface area contributed by atoms with Crippen molar-refractivity contribution in [1.82, 2.24) is 15.6 Å². The van der Waals surface area contributed by atoms with Gasteiger partial charge in [-0.15, -0.1) is 24.0 Å². The van der Waals surface area contributed by atoms with Crippen LogP contribution in [0.5, 0.6) is 0 Å². The van der Waals surface area contributed by atoms with E-state index in [1.165, 1.54) is 0 Å². The molecule has 0 saturated heterocycles. The fourth-order valence-corrected chi connectivity index (χ4v) is 3.19. The van der Waals surface area contributed by atoms with E-state index in [4.69, 9.17) is 4.42 Å². The quantitative estimate of drug-likeness (QED) is 0.331. The lowest BCUT2D eigenvalue weighted by molar-refractivity contribution is 0.559. The molecule has 0 unspecified atom stereocenters. The van der Waals surface area contributed by atoms with Crippen LogP contribution < -0.4 is 10.6 Å². The van der Waals surface area contributed by atoms with E-state index in [-0.39, 0.29) is 29.7 Å². The summed E-state index contributed by atoms with van der Waals surface area (Å²) in [5.41, 5.74) is 1.61. The minimum Gasteiger partial charge on any atom is -0.444 e. The molecule has 2 aromatic rings. The molecular weight excluding hydrogens is 491 g/mol. The molecule has 2 N–H and O–H groups in total. The van der Waals surface area contributed by atoms with E-state index < -0.39 is 14.6 Å². The Labute approximate surface area is 184 Å². The first-order valence-corrected chi connectivity index (χ1v) is 10.6. The van der Waals surface area contributed by atoms with Gasteiger partial charge in [0.2, 0.25) is 5.89 Å². The number of hydrogen-bond acceptors (Lipinski definition) is 5. The molecule has 0 saturated carbocycles. The van der Waals surface area contributed by atoms with Gasteiger partial charge in [0.25, 0.3) is 0 Å². The number of nitrogens with zero attached hydrogens (tertiary/aromatic N) is 2. The van der Waals surface area contributed by atoms with Crippen molar-refractivity contribution in [2.45, 2.75) is 39.0 Å². The summed E-state index contributed by atoms with van der Waals surface area (Å²) >= 11 is 0. The molecule has 1 aromatic carbocycles. The van der Waals surface area contributed by atoms with Gasteiger partial charge in [0, 0.05) is 18.7 Å². The highest BCUT2D eigenvalue weighted by Gasteiger charge is 2.28. The Morgan fingerprint density at radius 1 is 1.18 bits per heavy atom. The first kappa shape index (κ1) is 24.4. The zero-order valence-electron chi connectivity index (χ0n) is 16.7. The predicted molar refractivity (Wildman–Crippen MR) is 124 cm³/mol. The van der Waals surface area contributed by atoms with Crippen molar-refractivity contribution < 1.29 is 12.8 Å². The minimum atomic E-state index is -3.18. The molecule has 0 amide bonds. The number of sulfone groups is 1. The third kappa shape index (κ3) is 7.08. The second kappa shape index (κ2) is 10.8. The predicted octanol–water partition coefficient (Wildman–Crippen LogP) is 3.23. The number of aromatic nitrogens is 1. The van der Waals surface area contributed by atoms with Crippen LogP contribution in [0.25, 0.3) is 11.5 Å². The Bertz CT molecular complexity index is 859. The van der Waals surface area contributed by atoms with E-state index in [0.29, 0.717) is 37.2 Å². The van der Waals surface area contributed by atoms with Gasteiger partial charge in [-0.3, -0.25) is 0 Å². The molecule has 1 aromatic heterocycles. The summed E-state index contributed by atoms with van der Waals surface area (Å²) in [6.07, 6.45) is 1.58.